The molecule has 0 N–H and O–H groups in total. The summed E-state index contributed by atoms with van der Waals surface area (Å²) < 4.78 is 25.0. The Morgan fingerprint density at radius 1 is 1.14 bits per heavy atom. The monoisotopic (exact) mass is 321 g/mol. The van der Waals surface area contributed by atoms with E-state index in [1.165, 1.54) is 30.7 Å². The highest BCUT2D eigenvalue weighted by atomic mass is 32.2. The Balaban J connectivity index is 2.16. The van der Waals surface area contributed by atoms with Crippen molar-refractivity contribution in [3.05, 3.63) is 30.9 Å². The van der Waals surface area contributed by atoms with E-state index < -0.39 is 9.84 Å². The average Bonchev–Trinajstić information content (AvgIpc) is 2.83. The van der Waals surface area contributed by atoms with Crippen LogP contribution in [0.5, 0.6) is 0 Å². The number of benzene rings is 1. The lowest BCUT2D eigenvalue weighted by Gasteiger charge is -2.05. The van der Waals surface area contributed by atoms with Crippen molar-refractivity contribution >= 4 is 32.5 Å². The third-order valence-corrected chi connectivity index (χ3v) is 5.04. The third-order valence-electron chi connectivity index (χ3n) is 2.86. The van der Waals surface area contributed by atoms with Crippen molar-refractivity contribution in [2.75, 3.05) is 6.26 Å². The Morgan fingerprint density at radius 2 is 1.95 bits per heavy atom. The molecule has 0 amide bonds. The fourth-order valence-corrected chi connectivity index (χ4v) is 3.26. The van der Waals surface area contributed by atoms with Gasteiger partial charge in [0.1, 0.15) is 17.7 Å². The number of sulfone groups is 1. The molecule has 0 fully saturated rings. The van der Waals surface area contributed by atoms with Gasteiger partial charge >= 0.3 is 0 Å². The second-order valence-corrected chi connectivity index (χ2v) is 7.37. The fraction of sp³-hybridized carbons (Fsp3) is 0.167. The van der Waals surface area contributed by atoms with Gasteiger partial charge in [-0.1, -0.05) is 0 Å². The predicted octanol–water partition coefficient (Wildman–Crippen LogP) is 1.31. The molecule has 0 aliphatic rings. The molecule has 7 nitrogen and oxygen atoms in total. The first kappa shape index (κ1) is 14.0. The molecular formula is C12H11N5O2S2. The third kappa shape index (κ3) is 2.74. The first-order valence-corrected chi connectivity index (χ1v) is 8.62. The first-order valence-electron chi connectivity index (χ1n) is 5.92. The van der Waals surface area contributed by atoms with Gasteiger partial charge in [-0.15, -0.1) is 0 Å². The molecule has 1 aromatic carbocycles. The Morgan fingerprint density at radius 3 is 2.62 bits per heavy atom. The number of aryl methyl sites for hydroxylation is 1. The first-order chi connectivity index (χ1) is 9.95. The summed E-state index contributed by atoms with van der Waals surface area (Å²) >= 11 is 1.31. The zero-order chi connectivity index (χ0) is 15.0. The molecule has 21 heavy (non-hydrogen) atoms. The fourth-order valence-electron chi connectivity index (χ4n) is 1.79. The molecule has 2 heterocycles. The van der Waals surface area contributed by atoms with E-state index in [2.05, 4.69) is 20.1 Å². The van der Waals surface area contributed by atoms with Gasteiger partial charge in [0.2, 0.25) is 0 Å². The topological polar surface area (TPSA) is 90.6 Å². The van der Waals surface area contributed by atoms with E-state index in [1.807, 2.05) is 0 Å². The summed E-state index contributed by atoms with van der Waals surface area (Å²) in [5.41, 5.74) is 0.682. The Labute approximate surface area is 125 Å². The summed E-state index contributed by atoms with van der Waals surface area (Å²) in [6.45, 7) is 0. The minimum atomic E-state index is -3.28. The highest BCUT2D eigenvalue weighted by molar-refractivity contribution is 7.99. The molecule has 0 saturated carbocycles. The van der Waals surface area contributed by atoms with Crippen LogP contribution in [0.15, 0.2) is 45.9 Å². The lowest BCUT2D eigenvalue weighted by Crippen LogP contribution is -1.98. The standard InChI is InChI=1S/C12H11N5O2S2/c1-17-12(15-7-16-17)20-11-9-5-8(21(2,18)19)3-4-10(9)13-6-14-11/h3-7H,1-2H3. The van der Waals surface area contributed by atoms with Gasteiger partial charge in [0.05, 0.1) is 10.4 Å². The van der Waals surface area contributed by atoms with Crippen LogP contribution in [0.25, 0.3) is 10.9 Å². The van der Waals surface area contributed by atoms with E-state index >= 15 is 0 Å². The van der Waals surface area contributed by atoms with E-state index in [0.717, 1.165) is 0 Å². The Hall–Kier alpha value is -2.00. The molecule has 0 atom stereocenters. The van der Waals surface area contributed by atoms with Gasteiger partial charge in [0, 0.05) is 18.7 Å². The maximum absolute atomic E-state index is 11.7. The van der Waals surface area contributed by atoms with Crippen molar-refractivity contribution in [1.82, 2.24) is 24.7 Å². The summed E-state index contributed by atoms with van der Waals surface area (Å²) in [5.74, 6) is 0. The van der Waals surface area contributed by atoms with Gasteiger partial charge < -0.3 is 0 Å². The molecule has 0 spiro atoms. The van der Waals surface area contributed by atoms with E-state index in [-0.39, 0.29) is 4.90 Å². The van der Waals surface area contributed by atoms with Gasteiger partial charge in [0.15, 0.2) is 15.0 Å². The summed E-state index contributed by atoms with van der Waals surface area (Å²) in [7, 11) is -1.50. The summed E-state index contributed by atoms with van der Waals surface area (Å²) in [4.78, 5) is 12.7. The van der Waals surface area contributed by atoms with Gasteiger partial charge in [-0.05, 0) is 30.0 Å². The number of rotatable bonds is 3. The summed E-state index contributed by atoms with van der Waals surface area (Å²) in [6.07, 6.45) is 4.07. The molecular weight excluding hydrogens is 310 g/mol. The van der Waals surface area contributed by atoms with Crippen molar-refractivity contribution in [2.24, 2.45) is 7.05 Å². The van der Waals surface area contributed by atoms with Crippen molar-refractivity contribution in [2.45, 2.75) is 15.1 Å². The zero-order valence-corrected chi connectivity index (χ0v) is 12.9. The van der Waals surface area contributed by atoms with Crippen LogP contribution in [-0.4, -0.2) is 39.4 Å². The minimum Gasteiger partial charge on any atom is -0.244 e. The lowest BCUT2D eigenvalue weighted by atomic mass is 10.2. The number of hydrogen-bond donors (Lipinski definition) is 0. The molecule has 0 bridgehead atoms. The van der Waals surface area contributed by atoms with Gasteiger partial charge in [-0.3, -0.25) is 0 Å². The van der Waals surface area contributed by atoms with Crippen molar-refractivity contribution in [1.29, 1.82) is 0 Å². The highest BCUT2D eigenvalue weighted by Gasteiger charge is 2.13. The van der Waals surface area contributed by atoms with Crippen molar-refractivity contribution in [3.8, 4) is 0 Å². The second-order valence-electron chi connectivity index (χ2n) is 4.40. The van der Waals surface area contributed by atoms with Crippen LogP contribution in [0.4, 0.5) is 0 Å². The van der Waals surface area contributed by atoms with Crippen LogP contribution >= 0.6 is 11.8 Å². The van der Waals surface area contributed by atoms with Gasteiger partial charge in [-0.2, -0.15) is 5.10 Å². The molecule has 0 aliphatic heterocycles. The van der Waals surface area contributed by atoms with Gasteiger partial charge in [-0.25, -0.2) is 28.1 Å². The molecule has 3 rings (SSSR count). The normalized spacial score (nSPS) is 11.9. The molecule has 9 heteroatoms. The largest absolute Gasteiger partial charge is 0.244 e. The summed E-state index contributed by atoms with van der Waals surface area (Å²) in [5, 5.41) is 5.98. The van der Waals surface area contributed by atoms with Crippen molar-refractivity contribution < 1.29 is 8.42 Å². The van der Waals surface area contributed by atoms with Crippen LogP contribution < -0.4 is 0 Å². The minimum absolute atomic E-state index is 0.240. The number of aromatic nitrogens is 5. The van der Waals surface area contributed by atoms with Crippen LogP contribution in [0.1, 0.15) is 0 Å². The molecule has 0 unspecified atom stereocenters. The second kappa shape index (κ2) is 5.08. The predicted molar refractivity (Wildman–Crippen MR) is 77.8 cm³/mol. The van der Waals surface area contributed by atoms with Crippen LogP contribution in [0, 0.1) is 0 Å². The highest BCUT2D eigenvalue weighted by Crippen LogP contribution is 2.30. The number of nitrogens with zero attached hydrogens (tertiary/aromatic N) is 5. The number of hydrogen-bond acceptors (Lipinski definition) is 7. The maximum Gasteiger partial charge on any atom is 0.192 e. The van der Waals surface area contributed by atoms with Crippen LogP contribution in [0.2, 0.25) is 0 Å². The molecule has 2 aromatic heterocycles. The van der Waals surface area contributed by atoms with Crippen LogP contribution in [-0.2, 0) is 16.9 Å². The van der Waals surface area contributed by atoms with Gasteiger partial charge in [0.25, 0.3) is 0 Å². The van der Waals surface area contributed by atoms with E-state index in [0.29, 0.717) is 21.1 Å². The van der Waals surface area contributed by atoms with Crippen LogP contribution in [0.3, 0.4) is 0 Å². The molecule has 0 radical (unpaired) electrons. The quantitative estimate of drug-likeness (QED) is 0.672. The summed E-state index contributed by atoms with van der Waals surface area (Å²) in [6, 6.07) is 4.80. The number of fused-ring (bicyclic) bond motifs is 1. The zero-order valence-electron chi connectivity index (χ0n) is 11.3. The maximum atomic E-state index is 11.7. The Bertz CT molecular complexity index is 920. The van der Waals surface area contributed by atoms with Crippen molar-refractivity contribution in [3.63, 3.8) is 0 Å². The Kier molecular flexibility index (Phi) is 3.38. The van der Waals surface area contributed by atoms with E-state index in [4.69, 9.17) is 0 Å². The average molecular weight is 321 g/mol. The molecule has 3 aromatic rings. The van der Waals surface area contributed by atoms with E-state index in [9.17, 15) is 8.42 Å². The molecule has 108 valence electrons. The SMILES string of the molecule is Cn1ncnc1Sc1ncnc2ccc(S(C)(=O)=O)cc12. The lowest BCUT2D eigenvalue weighted by molar-refractivity contribution is 0.602. The molecule has 0 aliphatic carbocycles. The van der Waals surface area contributed by atoms with E-state index in [1.54, 1.807) is 29.9 Å². The smallest absolute Gasteiger partial charge is 0.192 e. The molecule has 0 saturated heterocycles.